The van der Waals surface area contributed by atoms with Crippen molar-refractivity contribution in [1.82, 2.24) is 0 Å². The summed E-state index contributed by atoms with van der Waals surface area (Å²) in [6.45, 7) is 2.16. The quantitative estimate of drug-likeness (QED) is 0.777. The lowest BCUT2D eigenvalue weighted by Crippen LogP contribution is -3.13. The van der Waals surface area contributed by atoms with Gasteiger partial charge in [0.25, 0.3) is 0 Å². The van der Waals surface area contributed by atoms with Gasteiger partial charge in [0.05, 0.1) is 13.1 Å². The van der Waals surface area contributed by atoms with E-state index in [0.29, 0.717) is 0 Å². The summed E-state index contributed by atoms with van der Waals surface area (Å²) in [6, 6.07) is 9.32. The molecule has 1 aliphatic rings. The summed E-state index contributed by atoms with van der Waals surface area (Å²) in [6.07, 6.45) is 3.72. The highest BCUT2D eigenvalue weighted by atomic mass is 16.3. The van der Waals surface area contributed by atoms with Crippen LogP contribution in [0.5, 0.6) is 5.75 Å². The Morgan fingerprint density at radius 3 is 2.31 bits per heavy atom. The molecule has 0 aliphatic carbocycles. The van der Waals surface area contributed by atoms with Gasteiger partial charge in [-0.2, -0.15) is 5.26 Å². The highest BCUT2D eigenvalue weighted by Gasteiger charge is 2.25. The zero-order valence-electron chi connectivity index (χ0n) is 9.32. The predicted octanol–water partition coefficient (Wildman–Crippen LogP) is 1.03. The van der Waals surface area contributed by atoms with E-state index in [1.807, 2.05) is 12.1 Å². The van der Waals surface area contributed by atoms with Crippen molar-refractivity contribution in [2.45, 2.75) is 25.3 Å². The van der Waals surface area contributed by atoms with Crippen LogP contribution in [0.1, 0.15) is 30.9 Å². The first kappa shape index (κ1) is 11.0. The van der Waals surface area contributed by atoms with Gasteiger partial charge < -0.3 is 10.0 Å². The van der Waals surface area contributed by atoms with Gasteiger partial charge in [-0.15, -0.1) is 0 Å². The molecule has 1 saturated heterocycles. The molecular weight excluding hydrogens is 200 g/mol. The highest BCUT2D eigenvalue weighted by molar-refractivity contribution is 5.29. The molecule has 16 heavy (non-hydrogen) atoms. The first-order chi connectivity index (χ1) is 7.81. The van der Waals surface area contributed by atoms with Crippen molar-refractivity contribution >= 4 is 0 Å². The zero-order valence-corrected chi connectivity index (χ0v) is 9.32. The third-order valence-electron chi connectivity index (χ3n) is 3.26. The molecule has 1 aromatic rings. The van der Waals surface area contributed by atoms with Gasteiger partial charge in [-0.25, -0.2) is 0 Å². The first-order valence-electron chi connectivity index (χ1n) is 5.84. The number of rotatable bonds is 2. The predicted molar refractivity (Wildman–Crippen MR) is 61.0 cm³/mol. The Kier molecular flexibility index (Phi) is 3.43. The SMILES string of the molecule is N#C[C@H](c1ccc(O)cc1)[NH+]1CCCCC1. The van der Waals surface area contributed by atoms with Gasteiger partial charge in [-0.1, -0.05) is 0 Å². The zero-order chi connectivity index (χ0) is 11.4. The number of nitriles is 1. The maximum absolute atomic E-state index is 9.27. The second kappa shape index (κ2) is 5.00. The van der Waals surface area contributed by atoms with Crippen LogP contribution in [0.25, 0.3) is 0 Å². The maximum Gasteiger partial charge on any atom is 0.200 e. The molecule has 0 amide bonds. The maximum atomic E-state index is 9.27. The third kappa shape index (κ3) is 2.34. The molecule has 1 heterocycles. The summed E-state index contributed by atoms with van der Waals surface area (Å²) in [5.74, 6) is 0.258. The van der Waals surface area contributed by atoms with E-state index in [-0.39, 0.29) is 11.8 Å². The Bertz CT molecular complexity index is 374. The fourth-order valence-corrected chi connectivity index (χ4v) is 2.36. The first-order valence-corrected chi connectivity index (χ1v) is 5.84. The number of benzene rings is 1. The molecule has 1 fully saturated rings. The minimum atomic E-state index is -0.0825. The van der Waals surface area contributed by atoms with E-state index in [1.54, 1.807) is 12.1 Å². The molecule has 2 rings (SSSR count). The molecule has 84 valence electrons. The monoisotopic (exact) mass is 217 g/mol. The Hall–Kier alpha value is -1.53. The van der Waals surface area contributed by atoms with Crippen LogP contribution < -0.4 is 4.90 Å². The van der Waals surface area contributed by atoms with Crippen LogP contribution >= 0.6 is 0 Å². The Balaban J connectivity index is 2.15. The topological polar surface area (TPSA) is 48.5 Å². The van der Waals surface area contributed by atoms with E-state index in [0.717, 1.165) is 18.7 Å². The highest BCUT2D eigenvalue weighted by Crippen LogP contribution is 2.15. The normalized spacial score (nSPS) is 18.9. The summed E-state index contributed by atoms with van der Waals surface area (Å²) in [4.78, 5) is 1.36. The molecule has 0 radical (unpaired) electrons. The molecule has 0 spiro atoms. The summed E-state index contributed by atoms with van der Waals surface area (Å²) in [7, 11) is 0. The molecule has 0 aromatic heterocycles. The molecule has 0 unspecified atom stereocenters. The number of phenols is 1. The second-order valence-corrected chi connectivity index (χ2v) is 4.37. The Morgan fingerprint density at radius 1 is 1.12 bits per heavy atom. The van der Waals surface area contributed by atoms with Crippen LogP contribution in [0.2, 0.25) is 0 Å². The Morgan fingerprint density at radius 2 is 1.75 bits per heavy atom. The van der Waals surface area contributed by atoms with Gasteiger partial charge in [0.1, 0.15) is 11.8 Å². The number of hydrogen-bond acceptors (Lipinski definition) is 2. The summed E-state index contributed by atoms with van der Waals surface area (Å²) in [5, 5.41) is 18.5. The lowest BCUT2D eigenvalue weighted by molar-refractivity contribution is -0.927. The number of nitrogens with zero attached hydrogens (tertiary/aromatic N) is 1. The van der Waals surface area contributed by atoms with Crippen molar-refractivity contribution in [2.24, 2.45) is 0 Å². The van der Waals surface area contributed by atoms with E-state index in [9.17, 15) is 10.4 Å². The standard InChI is InChI=1S/C13H16N2O/c14-10-13(15-8-2-1-3-9-15)11-4-6-12(16)7-5-11/h4-7,13,16H,1-3,8-9H2/p+1/t13-/m1/s1. The van der Waals surface area contributed by atoms with Gasteiger partial charge in [0, 0.05) is 5.56 Å². The molecule has 3 nitrogen and oxygen atoms in total. The van der Waals surface area contributed by atoms with Gasteiger partial charge in [0.2, 0.25) is 6.04 Å². The lowest BCUT2D eigenvalue weighted by Gasteiger charge is -2.27. The minimum Gasteiger partial charge on any atom is -0.508 e. The fraction of sp³-hybridized carbons (Fsp3) is 0.462. The van der Waals surface area contributed by atoms with Gasteiger partial charge >= 0.3 is 0 Å². The van der Waals surface area contributed by atoms with E-state index in [2.05, 4.69) is 6.07 Å². The van der Waals surface area contributed by atoms with Crippen molar-refractivity contribution in [3.63, 3.8) is 0 Å². The van der Waals surface area contributed by atoms with Crippen LogP contribution in [0.3, 0.4) is 0 Å². The summed E-state index contributed by atoms with van der Waals surface area (Å²) < 4.78 is 0. The van der Waals surface area contributed by atoms with Crippen LogP contribution in [-0.4, -0.2) is 18.2 Å². The Labute approximate surface area is 95.9 Å². The average molecular weight is 217 g/mol. The smallest absolute Gasteiger partial charge is 0.200 e. The number of phenolic OH excluding ortho intramolecular Hbond substituents is 1. The molecule has 0 bridgehead atoms. The van der Waals surface area contributed by atoms with E-state index >= 15 is 0 Å². The van der Waals surface area contributed by atoms with Gasteiger partial charge in [-0.3, -0.25) is 0 Å². The van der Waals surface area contributed by atoms with Crippen molar-refractivity contribution in [2.75, 3.05) is 13.1 Å². The average Bonchev–Trinajstić information content (AvgIpc) is 2.34. The fourth-order valence-electron chi connectivity index (χ4n) is 2.36. The van der Waals surface area contributed by atoms with Crippen molar-refractivity contribution < 1.29 is 10.0 Å². The third-order valence-corrected chi connectivity index (χ3v) is 3.26. The number of nitrogens with one attached hydrogen (secondary N) is 1. The number of piperidine rings is 1. The van der Waals surface area contributed by atoms with Crippen LogP contribution in [0.15, 0.2) is 24.3 Å². The van der Waals surface area contributed by atoms with E-state index < -0.39 is 0 Å². The number of hydrogen-bond donors (Lipinski definition) is 2. The lowest BCUT2D eigenvalue weighted by atomic mass is 10.0. The van der Waals surface area contributed by atoms with Crippen molar-refractivity contribution in [3.05, 3.63) is 29.8 Å². The molecule has 1 aliphatic heterocycles. The molecule has 1 atom stereocenters. The molecular formula is C13H17N2O+. The number of quaternary nitrogens is 1. The minimum absolute atomic E-state index is 0.0825. The van der Waals surface area contributed by atoms with E-state index in [4.69, 9.17) is 0 Å². The van der Waals surface area contributed by atoms with Crippen molar-refractivity contribution in [3.8, 4) is 11.8 Å². The van der Waals surface area contributed by atoms with Crippen LogP contribution in [-0.2, 0) is 0 Å². The second-order valence-electron chi connectivity index (χ2n) is 4.37. The number of aromatic hydroxyl groups is 1. The molecule has 1 aromatic carbocycles. The summed E-state index contributed by atoms with van der Waals surface area (Å²) >= 11 is 0. The summed E-state index contributed by atoms with van der Waals surface area (Å²) in [5.41, 5.74) is 1.01. The molecule has 3 heteroatoms. The van der Waals surface area contributed by atoms with Crippen LogP contribution in [0, 0.1) is 11.3 Å². The van der Waals surface area contributed by atoms with E-state index in [1.165, 1.54) is 24.2 Å². The van der Waals surface area contributed by atoms with Gasteiger partial charge in [0.15, 0.2) is 0 Å². The molecule has 2 N–H and O–H groups in total. The largest absolute Gasteiger partial charge is 0.508 e. The van der Waals surface area contributed by atoms with Gasteiger partial charge in [-0.05, 0) is 43.5 Å². The van der Waals surface area contributed by atoms with Crippen LogP contribution in [0.4, 0.5) is 0 Å². The number of likely N-dealkylation sites (tertiary alicyclic amines) is 1. The van der Waals surface area contributed by atoms with Crippen molar-refractivity contribution in [1.29, 1.82) is 5.26 Å². The molecule has 0 saturated carbocycles.